The van der Waals surface area contributed by atoms with E-state index >= 15 is 0 Å². The van der Waals surface area contributed by atoms with Gasteiger partial charge in [0.2, 0.25) is 0 Å². The monoisotopic (exact) mass is 442 g/mol. The number of carbonyl (C=O) groups excluding carboxylic acids is 2. The molecule has 1 heterocycles. The number of methoxy groups -OCH3 is 1. The summed E-state index contributed by atoms with van der Waals surface area (Å²) in [4.78, 5) is 27.4. The van der Waals surface area contributed by atoms with Crippen LogP contribution in [0.3, 0.4) is 0 Å². The van der Waals surface area contributed by atoms with Gasteiger partial charge in [0.15, 0.2) is 0 Å². The molecule has 1 unspecified atom stereocenters. The van der Waals surface area contributed by atoms with E-state index in [1.165, 1.54) is 49.6 Å². The number of carbonyl (C=O) groups is 2. The standard InChI is InChI=1S/C26H19FN2O4/c1-15-13-18(33-2)11-12-19(15)24(30)22-23(20-5-3-4-6-21(20)27)29(26(32)25(22)31)17-9-7-16(14-28)8-10-17/h3-13,23,30H,1-2H3/b24-22+. The predicted molar refractivity (Wildman–Crippen MR) is 120 cm³/mol. The van der Waals surface area contributed by atoms with Crippen molar-refractivity contribution in [3.05, 3.63) is 100 Å². The van der Waals surface area contributed by atoms with Gasteiger partial charge in [0.25, 0.3) is 11.7 Å². The van der Waals surface area contributed by atoms with Crippen LogP contribution in [-0.4, -0.2) is 23.9 Å². The molecule has 3 aromatic rings. The summed E-state index contributed by atoms with van der Waals surface area (Å²) in [5.41, 5.74) is 1.46. The fourth-order valence-electron chi connectivity index (χ4n) is 3.96. The van der Waals surface area contributed by atoms with E-state index in [2.05, 4.69) is 0 Å². The lowest BCUT2D eigenvalue weighted by Gasteiger charge is -2.26. The van der Waals surface area contributed by atoms with Gasteiger partial charge in [0.05, 0.1) is 30.4 Å². The first kappa shape index (κ1) is 21.8. The number of aliphatic hydroxyl groups is 1. The first-order valence-corrected chi connectivity index (χ1v) is 10.1. The lowest BCUT2D eigenvalue weighted by molar-refractivity contribution is -0.132. The van der Waals surface area contributed by atoms with Gasteiger partial charge < -0.3 is 9.84 Å². The van der Waals surface area contributed by atoms with Gasteiger partial charge in [-0.1, -0.05) is 18.2 Å². The minimum absolute atomic E-state index is 0.0637. The number of hydrogen-bond acceptors (Lipinski definition) is 5. The van der Waals surface area contributed by atoms with Crippen molar-refractivity contribution in [1.82, 2.24) is 0 Å². The minimum atomic E-state index is -1.19. The van der Waals surface area contributed by atoms with Crippen LogP contribution in [0.5, 0.6) is 5.75 Å². The van der Waals surface area contributed by atoms with Gasteiger partial charge in [-0.05, 0) is 61.0 Å². The van der Waals surface area contributed by atoms with Crippen molar-refractivity contribution < 1.29 is 23.8 Å². The van der Waals surface area contributed by atoms with Crippen LogP contribution < -0.4 is 9.64 Å². The molecule has 0 spiro atoms. The average molecular weight is 442 g/mol. The molecule has 0 aliphatic carbocycles. The third-order valence-corrected chi connectivity index (χ3v) is 5.61. The summed E-state index contributed by atoms with van der Waals surface area (Å²) in [6.07, 6.45) is 0. The van der Waals surface area contributed by atoms with Gasteiger partial charge in [0.1, 0.15) is 17.3 Å². The number of benzene rings is 3. The van der Waals surface area contributed by atoms with Crippen LogP contribution in [0.15, 0.2) is 72.3 Å². The molecule has 1 aliphatic rings. The second-order valence-electron chi connectivity index (χ2n) is 7.53. The Morgan fingerprint density at radius 1 is 1.09 bits per heavy atom. The molecule has 0 saturated carbocycles. The van der Waals surface area contributed by atoms with E-state index in [1.54, 1.807) is 31.2 Å². The topological polar surface area (TPSA) is 90.6 Å². The molecule has 164 valence electrons. The highest BCUT2D eigenvalue weighted by Gasteiger charge is 2.47. The number of nitrogens with zero attached hydrogens (tertiary/aromatic N) is 2. The highest BCUT2D eigenvalue weighted by Crippen LogP contribution is 2.43. The van der Waals surface area contributed by atoms with Crippen molar-refractivity contribution in [2.24, 2.45) is 0 Å². The fourth-order valence-corrected chi connectivity index (χ4v) is 3.96. The summed E-state index contributed by atoms with van der Waals surface area (Å²) in [7, 11) is 1.51. The molecule has 1 N–H and O–H groups in total. The van der Waals surface area contributed by atoms with Crippen molar-refractivity contribution in [2.75, 3.05) is 12.0 Å². The minimum Gasteiger partial charge on any atom is -0.507 e. The lowest BCUT2D eigenvalue weighted by Crippen LogP contribution is -2.29. The number of halogens is 1. The van der Waals surface area contributed by atoms with Crippen molar-refractivity contribution in [3.63, 3.8) is 0 Å². The zero-order chi connectivity index (χ0) is 23.7. The van der Waals surface area contributed by atoms with E-state index in [9.17, 15) is 19.1 Å². The number of aryl methyl sites for hydroxylation is 1. The molecule has 1 aliphatic heterocycles. The molecule has 7 heteroatoms. The SMILES string of the molecule is COc1ccc(/C(O)=C2\C(=O)C(=O)N(c3ccc(C#N)cc3)C2c2ccccc2F)c(C)c1. The largest absolute Gasteiger partial charge is 0.507 e. The summed E-state index contributed by atoms with van der Waals surface area (Å²) in [5, 5.41) is 20.3. The molecule has 0 aromatic heterocycles. The number of Topliss-reactive ketones (excluding diaryl/α,β-unsaturated/α-hetero) is 1. The van der Waals surface area contributed by atoms with Gasteiger partial charge in [-0.2, -0.15) is 5.26 Å². The number of rotatable bonds is 4. The van der Waals surface area contributed by atoms with E-state index in [0.717, 1.165) is 4.90 Å². The van der Waals surface area contributed by atoms with Gasteiger partial charge in [0, 0.05) is 16.8 Å². The third kappa shape index (κ3) is 3.72. The second kappa shape index (κ2) is 8.60. The third-order valence-electron chi connectivity index (χ3n) is 5.61. The Labute approximate surface area is 189 Å². The number of amides is 1. The smallest absolute Gasteiger partial charge is 0.300 e. The summed E-state index contributed by atoms with van der Waals surface area (Å²) < 4.78 is 20.1. The van der Waals surface area contributed by atoms with Crippen LogP contribution in [0.1, 0.15) is 28.3 Å². The van der Waals surface area contributed by atoms with Crippen LogP contribution in [0.4, 0.5) is 10.1 Å². The maximum atomic E-state index is 14.9. The first-order chi connectivity index (χ1) is 15.9. The molecule has 33 heavy (non-hydrogen) atoms. The molecule has 1 atom stereocenters. The van der Waals surface area contributed by atoms with Crippen LogP contribution in [0.2, 0.25) is 0 Å². The summed E-state index contributed by atoms with van der Waals surface area (Å²) >= 11 is 0. The first-order valence-electron chi connectivity index (χ1n) is 10.1. The number of aliphatic hydroxyl groups excluding tert-OH is 1. The van der Waals surface area contributed by atoms with Gasteiger partial charge in [-0.15, -0.1) is 0 Å². The molecule has 0 bridgehead atoms. The van der Waals surface area contributed by atoms with Gasteiger partial charge in [-0.25, -0.2) is 4.39 Å². The average Bonchev–Trinajstić information content (AvgIpc) is 3.09. The molecule has 3 aromatic carbocycles. The molecule has 1 amide bonds. The Morgan fingerprint density at radius 2 is 1.79 bits per heavy atom. The number of ketones is 1. The van der Waals surface area contributed by atoms with Crippen molar-refractivity contribution >= 4 is 23.1 Å². The molecule has 1 saturated heterocycles. The zero-order valence-corrected chi connectivity index (χ0v) is 17.9. The van der Waals surface area contributed by atoms with Crippen LogP contribution >= 0.6 is 0 Å². The zero-order valence-electron chi connectivity index (χ0n) is 17.9. The molecule has 0 radical (unpaired) electrons. The summed E-state index contributed by atoms with van der Waals surface area (Å²) in [5.74, 6) is -2.30. The van der Waals surface area contributed by atoms with Crippen molar-refractivity contribution in [2.45, 2.75) is 13.0 Å². The van der Waals surface area contributed by atoms with Crippen molar-refractivity contribution in [3.8, 4) is 11.8 Å². The number of ether oxygens (including phenoxy) is 1. The highest BCUT2D eigenvalue weighted by molar-refractivity contribution is 6.51. The van der Waals surface area contributed by atoms with Gasteiger partial charge >= 0.3 is 0 Å². The quantitative estimate of drug-likeness (QED) is 0.361. The second-order valence-corrected chi connectivity index (χ2v) is 7.53. The Morgan fingerprint density at radius 3 is 2.39 bits per heavy atom. The molecule has 6 nitrogen and oxygen atoms in total. The highest BCUT2D eigenvalue weighted by atomic mass is 19.1. The Bertz CT molecular complexity index is 1340. The number of hydrogen-bond donors (Lipinski definition) is 1. The van der Waals surface area contributed by atoms with Crippen LogP contribution in [0.25, 0.3) is 5.76 Å². The van der Waals surface area contributed by atoms with Crippen LogP contribution in [0, 0.1) is 24.1 Å². The molecular weight excluding hydrogens is 423 g/mol. The van der Waals surface area contributed by atoms with Gasteiger partial charge in [-0.3, -0.25) is 14.5 Å². The Balaban J connectivity index is 1.96. The van der Waals surface area contributed by atoms with Crippen LogP contribution in [-0.2, 0) is 9.59 Å². The van der Waals surface area contributed by atoms with E-state index in [4.69, 9.17) is 10.00 Å². The predicted octanol–water partition coefficient (Wildman–Crippen LogP) is 4.64. The maximum Gasteiger partial charge on any atom is 0.300 e. The van der Waals surface area contributed by atoms with E-state index in [1.807, 2.05) is 6.07 Å². The normalized spacial score (nSPS) is 17.2. The van der Waals surface area contributed by atoms with E-state index in [0.29, 0.717) is 28.1 Å². The lowest BCUT2D eigenvalue weighted by atomic mass is 9.93. The summed E-state index contributed by atoms with van der Waals surface area (Å²) in [6, 6.07) is 17.5. The molecule has 1 fully saturated rings. The van der Waals surface area contributed by atoms with Crippen molar-refractivity contribution in [1.29, 1.82) is 5.26 Å². The molecule has 4 rings (SSSR count). The van der Waals surface area contributed by atoms with E-state index < -0.39 is 29.3 Å². The summed E-state index contributed by atoms with van der Waals surface area (Å²) in [6.45, 7) is 1.73. The molecular formula is C26H19FN2O4. The fraction of sp³-hybridized carbons (Fsp3) is 0.115. The number of anilines is 1. The Hall–Kier alpha value is -4.44. The number of nitriles is 1. The van der Waals surface area contributed by atoms with E-state index in [-0.39, 0.29) is 11.1 Å². The Kier molecular flexibility index (Phi) is 5.67. The maximum absolute atomic E-state index is 14.9.